The summed E-state index contributed by atoms with van der Waals surface area (Å²) in [5.41, 5.74) is 2.67. The zero-order chi connectivity index (χ0) is 17.1. The van der Waals surface area contributed by atoms with Crippen molar-refractivity contribution in [1.82, 2.24) is 0 Å². The number of anilines is 2. The van der Waals surface area contributed by atoms with Crippen molar-refractivity contribution < 1.29 is 9.59 Å². The fourth-order valence-corrected chi connectivity index (χ4v) is 2.71. The van der Waals surface area contributed by atoms with E-state index >= 15 is 0 Å². The Kier molecular flexibility index (Phi) is 4.76. The number of carbonyl (C=O) groups excluding carboxylic acids is 2. The van der Waals surface area contributed by atoms with Crippen LogP contribution in [0.3, 0.4) is 0 Å². The minimum Gasteiger partial charge on any atom is -0.321 e. The molecule has 0 saturated heterocycles. The van der Waals surface area contributed by atoms with Gasteiger partial charge in [-0.25, -0.2) is 5.01 Å². The highest BCUT2D eigenvalue weighted by Gasteiger charge is 2.26. The Bertz CT molecular complexity index is 815. The number of aryl methyl sites for hydroxylation is 1. The maximum Gasteiger partial charge on any atom is 0.271 e. The van der Waals surface area contributed by atoms with Crippen molar-refractivity contribution >= 4 is 44.8 Å². The Morgan fingerprint density at radius 3 is 2.54 bits per heavy atom. The highest BCUT2D eigenvalue weighted by atomic mass is 79.9. The molecule has 2 aromatic carbocycles. The van der Waals surface area contributed by atoms with Crippen molar-refractivity contribution in [2.75, 3.05) is 10.3 Å². The van der Waals surface area contributed by atoms with Crippen molar-refractivity contribution in [3.05, 3.63) is 58.6 Å². The summed E-state index contributed by atoms with van der Waals surface area (Å²) in [7, 11) is 0. The van der Waals surface area contributed by atoms with Gasteiger partial charge in [-0.1, -0.05) is 34.1 Å². The van der Waals surface area contributed by atoms with Gasteiger partial charge in [0.1, 0.15) is 5.71 Å². The number of benzene rings is 2. The molecule has 0 atom stereocenters. The van der Waals surface area contributed by atoms with Gasteiger partial charge >= 0.3 is 0 Å². The second kappa shape index (κ2) is 6.97. The summed E-state index contributed by atoms with van der Waals surface area (Å²) in [6, 6.07) is 14.8. The molecule has 1 aliphatic rings. The van der Waals surface area contributed by atoms with Crippen LogP contribution in [-0.4, -0.2) is 17.5 Å². The molecule has 0 aromatic heterocycles. The predicted octanol–water partition coefficient (Wildman–Crippen LogP) is 3.88. The number of hydrogen-bond donors (Lipinski definition) is 1. The lowest BCUT2D eigenvalue weighted by Crippen LogP contribution is -2.36. The topological polar surface area (TPSA) is 61.8 Å². The van der Waals surface area contributed by atoms with Crippen LogP contribution >= 0.6 is 15.9 Å². The van der Waals surface area contributed by atoms with E-state index in [1.54, 1.807) is 12.1 Å². The quantitative estimate of drug-likeness (QED) is 0.871. The molecular formula is C18H16BrN3O2. The molecule has 24 heavy (non-hydrogen) atoms. The largest absolute Gasteiger partial charge is 0.321 e. The van der Waals surface area contributed by atoms with E-state index in [-0.39, 0.29) is 18.2 Å². The van der Waals surface area contributed by atoms with Gasteiger partial charge in [0.2, 0.25) is 5.91 Å². The van der Waals surface area contributed by atoms with Crippen LogP contribution in [0.2, 0.25) is 0 Å². The van der Waals surface area contributed by atoms with Crippen LogP contribution in [-0.2, 0) is 9.59 Å². The van der Waals surface area contributed by atoms with Crippen LogP contribution in [0.1, 0.15) is 18.4 Å². The molecule has 122 valence electrons. The Morgan fingerprint density at radius 1 is 1.12 bits per heavy atom. The monoisotopic (exact) mass is 385 g/mol. The average molecular weight is 386 g/mol. The van der Waals surface area contributed by atoms with E-state index < -0.39 is 0 Å². The molecule has 0 saturated carbocycles. The standard InChI is InChI=1S/C18H16BrN3O2/c1-12-4-2-3-5-16(12)22-17(23)11-10-15(21-22)18(24)20-14-8-6-13(19)7-9-14/h2-9H,10-11H2,1H3,(H,20,24). The molecule has 6 heteroatoms. The van der Waals surface area contributed by atoms with Crippen molar-refractivity contribution in [2.24, 2.45) is 5.10 Å². The number of carbonyl (C=O) groups is 2. The molecule has 2 aromatic rings. The molecule has 2 amide bonds. The highest BCUT2D eigenvalue weighted by Crippen LogP contribution is 2.24. The summed E-state index contributed by atoms with van der Waals surface area (Å²) >= 11 is 3.35. The van der Waals surface area contributed by atoms with Gasteiger partial charge in [0.05, 0.1) is 5.69 Å². The molecule has 1 heterocycles. The van der Waals surface area contributed by atoms with E-state index in [4.69, 9.17) is 0 Å². The maximum absolute atomic E-state index is 12.4. The summed E-state index contributed by atoms with van der Waals surface area (Å²) in [5.74, 6) is -0.395. The van der Waals surface area contributed by atoms with E-state index in [9.17, 15) is 9.59 Å². The Labute approximate surface area is 148 Å². The Morgan fingerprint density at radius 2 is 1.83 bits per heavy atom. The minimum absolute atomic E-state index is 0.107. The number of halogens is 1. The van der Waals surface area contributed by atoms with E-state index in [0.717, 1.165) is 10.0 Å². The van der Waals surface area contributed by atoms with Gasteiger partial charge in [-0.15, -0.1) is 0 Å². The van der Waals surface area contributed by atoms with Crippen LogP contribution < -0.4 is 10.3 Å². The van der Waals surface area contributed by atoms with Crippen LogP contribution in [0.4, 0.5) is 11.4 Å². The third kappa shape index (κ3) is 3.54. The molecule has 0 radical (unpaired) electrons. The minimum atomic E-state index is -0.289. The first-order valence-corrected chi connectivity index (χ1v) is 8.37. The van der Waals surface area contributed by atoms with Gasteiger partial charge in [-0.2, -0.15) is 5.10 Å². The van der Waals surface area contributed by atoms with Crippen molar-refractivity contribution in [1.29, 1.82) is 0 Å². The molecule has 0 spiro atoms. The zero-order valence-corrected chi connectivity index (χ0v) is 14.7. The summed E-state index contributed by atoms with van der Waals surface area (Å²) in [6.45, 7) is 1.91. The first kappa shape index (κ1) is 16.4. The molecule has 5 nitrogen and oxygen atoms in total. The van der Waals surface area contributed by atoms with Gasteiger partial charge in [0, 0.05) is 23.0 Å². The van der Waals surface area contributed by atoms with Crippen LogP contribution in [0.15, 0.2) is 58.1 Å². The SMILES string of the molecule is Cc1ccccc1N1N=C(C(=O)Nc2ccc(Br)cc2)CCC1=O. The molecule has 0 fully saturated rings. The molecular weight excluding hydrogens is 370 g/mol. The highest BCUT2D eigenvalue weighted by molar-refractivity contribution is 9.10. The lowest BCUT2D eigenvalue weighted by Gasteiger charge is -2.24. The molecule has 3 rings (SSSR count). The summed E-state index contributed by atoms with van der Waals surface area (Å²) < 4.78 is 0.937. The lowest BCUT2D eigenvalue weighted by atomic mass is 10.1. The number of nitrogens with one attached hydrogen (secondary N) is 1. The number of para-hydroxylation sites is 1. The smallest absolute Gasteiger partial charge is 0.271 e. The lowest BCUT2D eigenvalue weighted by molar-refractivity contribution is -0.118. The number of hydrazone groups is 1. The van der Waals surface area contributed by atoms with Crippen molar-refractivity contribution in [3.8, 4) is 0 Å². The Hall–Kier alpha value is -2.47. The average Bonchev–Trinajstić information content (AvgIpc) is 2.58. The number of nitrogens with zero attached hydrogens (tertiary/aromatic N) is 2. The predicted molar refractivity (Wildman–Crippen MR) is 98.1 cm³/mol. The van der Waals surface area contributed by atoms with E-state index in [1.165, 1.54) is 5.01 Å². The number of hydrogen-bond acceptors (Lipinski definition) is 3. The maximum atomic E-state index is 12.4. The van der Waals surface area contributed by atoms with Crippen LogP contribution in [0.25, 0.3) is 0 Å². The van der Waals surface area contributed by atoms with Crippen LogP contribution in [0.5, 0.6) is 0 Å². The van der Waals surface area contributed by atoms with Gasteiger partial charge < -0.3 is 5.32 Å². The number of rotatable bonds is 3. The third-order valence-corrected chi connectivity index (χ3v) is 4.27. The van der Waals surface area contributed by atoms with Crippen LogP contribution in [0, 0.1) is 6.92 Å². The molecule has 1 N–H and O–H groups in total. The van der Waals surface area contributed by atoms with E-state index in [0.29, 0.717) is 23.5 Å². The van der Waals surface area contributed by atoms with Crippen molar-refractivity contribution in [2.45, 2.75) is 19.8 Å². The summed E-state index contributed by atoms with van der Waals surface area (Å²) in [5, 5.41) is 8.43. The van der Waals surface area contributed by atoms with Gasteiger partial charge in [0.25, 0.3) is 5.91 Å². The first-order chi connectivity index (χ1) is 11.5. The zero-order valence-electron chi connectivity index (χ0n) is 13.1. The molecule has 0 bridgehead atoms. The van der Waals surface area contributed by atoms with E-state index in [2.05, 4.69) is 26.3 Å². The van der Waals surface area contributed by atoms with Gasteiger partial charge in [-0.3, -0.25) is 9.59 Å². The fourth-order valence-electron chi connectivity index (χ4n) is 2.44. The molecule has 0 unspecified atom stereocenters. The summed E-state index contributed by atoms with van der Waals surface area (Å²) in [4.78, 5) is 24.6. The summed E-state index contributed by atoms with van der Waals surface area (Å²) in [6.07, 6.45) is 0.602. The molecule has 1 aliphatic heterocycles. The third-order valence-electron chi connectivity index (χ3n) is 3.74. The second-order valence-corrected chi connectivity index (χ2v) is 6.42. The van der Waals surface area contributed by atoms with E-state index in [1.807, 2.05) is 43.3 Å². The van der Waals surface area contributed by atoms with Gasteiger partial charge in [0.15, 0.2) is 0 Å². The molecule has 0 aliphatic carbocycles. The first-order valence-electron chi connectivity index (χ1n) is 7.57. The normalized spacial score (nSPS) is 14.3. The number of amides is 2. The fraction of sp³-hybridized carbons (Fsp3) is 0.167. The van der Waals surface area contributed by atoms with Gasteiger partial charge in [-0.05, 0) is 42.8 Å². The Balaban J connectivity index is 1.83. The second-order valence-electron chi connectivity index (χ2n) is 5.50. The van der Waals surface area contributed by atoms with Crippen molar-refractivity contribution in [3.63, 3.8) is 0 Å².